The Labute approximate surface area is 128 Å². The molecule has 1 atom stereocenters. The Morgan fingerprint density at radius 2 is 2.10 bits per heavy atom. The van der Waals surface area contributed by atoms with Gasteiger partial charge in [-0.3, -0.25) is 9.67 Å². The summed E-state index contributed by atoms with van der Waals surface area (Å²) < 4.78 is 1.89. The van der Waals surface area contributed by atoms with Crippen LogP contribution in [0.15, 0.2) is 42.7 Å². The van der Waals surface area contributed by atoms with Gasteiger partial charge in [-0.25, -0.2) is 0 Å². The molecule has 0 aliphatic rings. The first-order chi connectivity index (χ1) is 10.2. The van der Waals surface area contributed by atoms with Crippen molar-refractivity contribution in [3.8, 4) is 0 Å². The van der Waals surface area contributed by atoms with Crippen LogP contribution in [0.1, 0.15) is 30.6 Å². The van der Waals surface area contributed by atoms with Gasteiger partial charge in [0.25, 0.3) is 0 Å². The first-order valence-electron chi connectivity index (χ1n) is 7.02. The van der Waals surface area contributed by atoms with E-state index >= 15 is 0 Å². The van der Waals surface area contributed by atoms with Gasteiger partial charge in [0.05, 0.1) is 28.5 Å². The zero-order chi connectivity index (χ0) is 14.8. The molecule has 2 aromatic heterocycles. The summed E-state index contributed by atoms with van der Waals surface area (Å²) >= 11 is 6.30. The van der Waals surface area contributed by atoms with E-state index in [2.05, 4.69) is 17.0 Å². The Kier molecular flexibility index (Phi) is 3.90. The van der Waals surface area contributed by atoms with E-state index in [-0.39, 0.29) is 6.04 Å². The standard InChI is InChI=1S/C16H17ClN4/c1-2-9-21-16(13(17)10-20-21)15(18)12-7-8-19-14-6-4-3-5-11(12)14/h3-8,10,15H,2,9,18H2,1H3. The van der Waals surface area contributed by atoms with Crippen molar-refractivity contribution in [2.24, 2.45) is 5.73 Å². The summed E-state index contributed by atoms with van der Waals surface area (Å²) in [6.07, 6.45) is 4.43. The Morgan fingerprint density at radius 3 is 2.90 bits per heavy atom. The number of halogens is 1. The number of benzene rings is 1. The fraction of sp³-hybridized carbons (Fsp3) is 0.250. The van der Waals surface area contributed by atoms with Gasteiger partial charge in [0.1, 0.15) is 0 Å². The SMILES string of the molecule is CCCn1ncc(Cl)c1C(N)c1ccnc2ccccc12. The summed E-state index contributed by atoms with van der Waals surface area (Å²) in [6.45, 7) is 2.91. The average Bonchev–Trinajstić information content (AvgIpc) is 2.87. The Morgan fingerprint density at radius 1 is 1.29 bits per heavy atom. The fourth-order valence-corrected chi connectivity index (χ4v) is 2.87. The van der Waals surface area contributed by atoms with Crippen LogP contribution in [0.3, 0.4) is 0 Å². The van der Waals surface area contributed by atoms with Crippen LogP contribution >= 0.6 is 11.6 Å². The molecule has 1 aromatic carbocycles. The molecule has 0 saturated heterocycles. The van der Waals surface area contributed by atoms with E-state index in [0.717, 1.165) is 35.1 Å². The van der Waals surface area contributed by atoms with Gasteiger partial charge in [0.15, 0.2) is 0 Å². The zero-order valence-electron chi connectivity index (χ0n) is 11.8. The lowest BCUT2D eigenvalue weighted by atomic mass is 10.00. The summed E-state index contributed by atoms with van der Waals surface area (Å²) in [4.78, 5) is 4.38. The van der Waals surface area contributed by atoms with E-state index in [9.17, 15) is 0 Å². The molecule has 4 nitrogen and oxygen atoms in total. The number of pyridine rings is 1. The number of aryl methyl sites for hydroxylation is 1. The number of para-hydroxylation sites is 1. The van der Waals surface area contributed by atoms with Gasteiger partial charge >= 0.3 is 0 Å². The number of nitrogens with zero attached hydrogens (tertiary/aromatic N) is 3. The summed E-state index contributed by atoms with van der Waals surface area (Å²) in [7, 11) is 0. The molecule has 0 fully saturated rings. The predicted molar refractivity (Wildman–Crippen MR) is 85.3 cm³/mol. The molecule has 21 heavy (non-hydrogen) atoms. The van der Waals surface area contributed by atoms with Gasteiger partial charge in [-0.1, -0.05) is 36.7 Å². The number of hydrogen-bond acceptors (Lipinski definition) is 3. The van der Waals surface area contributed by atoms with E-state index in [4.69, 9.17) is 17.3 Å². The summed E-state index contributed by atoms with van der Waals surface area (Å²) in [5, 5.41) is 5.98. The highest BCUT2D eigenvalue weighted by Gasteiger charge is 2.20. The number of rotatable bonds is 4. The topological polar surface area (TPSA) is 56.7 Å². The second kappa shape index (κ2) is 5.84. The number of fused-ring (bicyclic) bond motifs is 1. The molecule has 0 aliphatic carbocycles. The minimum atomic E-state index is -0.320. The monoisotopic (exact) mass is 300 g/mol. The molecule has 1 unspecified atom stereocenters. The molecule has 2 N–H and O–H groups in total. The highest BCUT2D eigenvalue weighted by molar-refractivity contribution is 6.31. The third-order valence-corrected chi connectivity index (χ3v) is 3.87. The maximum atomic E-state index is 6.49. The van der Waals surface area contributed by atoms with Crippen molar-refractivity contribution in [2.45, 2.75) is 25.9 Å². The van der Waals surface area contributed by atoms with Crippen molar-refractivity contribution < 1.29 is 0 Å². The van der Waals surface area contributed by atoms with Crippen LogP contribution in [0.5, 0.6) is 0 Å². The van der Waals surface area contributed by atoms with Gasteiger partial charge in [0.2, 0.25) is 0 Å². The molecule has 3 aromatic rings. The number of aromatic nitrogens is 3. The smallest absolute Gasteiger partial charge is 0.0837 e. The first kappa shape index (κ1) is 14.0. The molecular formula is C16H17ClN4. The van der Waals surface area contributed by atoms with Crippen molar-refractivity contribution in [1.82, 2.24) is 14.8 Å². The molecule has 3 rings (SSSR count). The molecule has 108 valence electrons. The van der Waals surface area contributed by atoms with E-state index in [1.54, 1.807) is 12.4 Å². The van der Waals surface area contributed by atoms with Crippen LogP contribution in [0.2, 0.25) is 5.02 Å². The lowest BCUT2D eigenvalue weighted by Gasteiger charge is -2.17. The minimum Gasteiger partial charge on any atom is -0.319 e. The van der Waals surface area contributed by atoms with E-state index in [1.807, 2.05) is 35.0 Å². The Balaban J connectivity index is 2.13. The van der Waals surface area contributed by atoms with Crippen LogP contribution in [0.25, 0.3) is 10.9 Å². The second-order valence-electron chi connectivity index (χ2n) is 5.00. The van der Waals surface area contributed by atoms with Gasteiger partial charge in [0, 0.05) is 18.1 Å². The van der Waals surface area contributed by atoms with Gasteiger partial charge in [-0.2, -0.15) is 5.10 Å². The largest absolute Gasteiger partial charge is 0.319 e. The normalized spacial score (nSPS) is 12.7. The maximum absolute atomic E-state index is 6.49. The Bertz CT molecular complexity index is 761. The molecule has 2 heterocycles. The quantitative estimate of drug-likeness (QED) is 0.801. The summed E-state index contributed by atoms with van der Waals surface area (Å²) in [5.74, 6) is 0. The van der Waals surface area contributed by atoms with Crippen LogP contribution in [0.4, 0.5) is 0 Å². The molecule has 0 bridgehead atoms. The van der Waals surface area contributed by atoms with Gasteiger partial charge in [-0.05, 0) is 24.1 Å². The number of nitrogens with two attached hydrogens (primary N) is 1. The first-order valence-corrected chi connectivity index (χ1v) is 7.40. The molecule has 0 spiro atoms. The third kappa shape index (κ3) is 2.52. The lowest BCUT2D eigenvalue weighted by molar-refractivity contribution is 0.560. The van der Waals surface area contributed by atoms with Crippen molar-refractivity contribution in [2.75, 3.05) is 0 Å². The molecular weight excluding hydrogens is 284 g/mol. The third-order valence-electron chi connectivity index (χ3n) is 3.58. The maximum Gasteiger partial charge on any atom is 0.0837 e. The van der Waals surface area contributed by atoms with Crippen molar-refractivity contribution in [3.63, 3.8) is 0 Å². The highest BCUT2D eigenvalue weighted by Crippen LogP contribution is 2.30. The van der Waals surface area contributed by atoms with Crippen molar-refractivity contribution in [3.05, 3.63) is 59.0 Å². The van der Waals surface area contributed by atoms with E-state index in [0.29, 0.717) is 5.02 Å². The van der Waals surface area contributed by atoms with E-state index < -0.39 is 0 Å². The Hall–Kier alpha value is -1.91. The van der Waals surface area contributed by atoms with Gasteiger partial charge < -0.3 is 5.73 Å². The lowest BCUT2D eigenvalue weighted by Crippen LogP contribution is -2.18. The molecule has 0 aliphatic heterocycles. The van der Waals surface area contributed by atoms with Crippen molar-refractivity contribution >= 4 is 22.5 Å². The predicted octanol–water partition coefficient (Wildman–Crippen LogP) is 3.54. The minimum absolute atomic E-state index is 0.320. The molecule has 0 amide bonds. The van der Waals surface area contributed by atoms with Gasteiger partial charge in [-0.15, -0.1) is 0 Å². The van der Waals surface area contributed by atoms with Crippen molar-refractivity contribution in [1.29, 1.82) is 0 Å². The van der Waals surface area contributed by atoms with Crippen LogP contribution in [-0.4, -0.2) is 14.8 Å². The summed E-state index contributed by atoms with van der Waals surface area (Å²) in [5.41, 5.74) is 9.29. The molecule has 0 radical (unpaired) electrons. The van der Waals surface area contributed by atoms with E-state index in [1.165, 1.54) is 0 Å². The molecule has 5 heteroatoms. The zero-order valence-corrected chi connectivity index (χ0v) is 12.6. The number of hydrogen-bond donors (Lipinski definition) is 1. The fourth-order valence-electron chi connectivity index (χ4n) is 2.61. The highest BCUT2D eigenvalue weighted by atomic mass is 35.5. The average molecular weight is 301 g/mol. The van der Waals surface area contributed by atoms with Crippen LogP contribution < -0.4 is 5.73 Å². The molecule has 0 saturated carbocycles. The summed E-state index contributed by atoms with van der Waals surface area (Å²) in [6, 6.07) is 9.61. The second-order valence-corrected chi connectivity index (χ2v) is 5.40. The van der Waals surface area contributed by atoms with Crippen LogP contribution in [-0.2, 0) is 6.54 Å². The van der Waals surface area contributed by atoms with Crippen LogP contribution in [0, 0.1) is 0 Å².